The quantitative estimate of drug-likeness (QED) is 0.107. The van der Waals surface area contributed by atoms with Crippen molar-refractivity contribution in [1.82, 2.24) is 14.8 Å². The standard InChI is InChI=1S/C33H35BrClN5O3S/c1-4-5-6-12-17-43-30-25(34)18-23(19-27(30)42-3)29-28(31(41)37-24-14-8-7-9-15-24)21(2)36-32-38-33(39-40(29)32)44-20-22-13-10-11-16-26(22)35/h7-11,13-16,18-19,29H,4-6,12,17,20H2,1-3H3,(H,37,41)(H,36,38,39). The molecular weight excluding hydrogens is 662 g/mol. The van der Waals surface area contributed by atoms with E-state index in [1.165, 1.54) is 18.2 Å². The molecule has 1 aliphatic rings. The Morgan fingerprint density at radius 1 is 1.11 bits per heavy atom. The lowest BCUT2D eigenvalue weighted by atomic mass is 9.94. The van der Waals surface area contributed by atoms with E-state index in [2.05, 4.69) is 33.5 Å². The molecule has 0 aliphatic carbocycles. The third-order valence-corrected chi connectivity index (χ3v) is 9.08. The summed E-state index contributed by atoms with van der Waals surface area (Å²) in [5, 5.41) is 12.5. The molecule has 1 aliphatic heterocycles. The van der Waals surface area contributed by atoms with Gasteiger partial charge < -0.3 is 20.1 Å². The minimum atomic E-state index is -0.596. The second kappa shape index (κ2) is 15.0. The molecule has 0 saturated carbocycles. The van der Waals surface area contributed by atoms with Crippen molar-refractivity contribution in [2.24, 2.45) is 0 Å². The number of hydrogen-bond donors (Lipinski definition) is 2. The second-order valence-corrected chi connectivity index (χ2v) is 12.6. The molecule has 3 aromatic carbocycles. The molecule has 1 unspecified atom stereocenters. The summed E-state index contributed by atoms with van der Waals surface area (Å²) in [5.41, 5.74) is 3.67. The number of rotatable bonds is 13. The first kappa shape index (κ1) is 31.9. The number of halogens is 2. The summed E-state index contributed by atoms with van der Waals surface area (Å²) >= 11 is 11.6. The maximum atomic E-state index is 13.9. The fraction of sp³-hybridized carbons (Fsp3) is 0.303. The van der Waals surface area contributed by atoms with E-state index in [1.54, 1.807) is 11.8 Å². The zero-order valence-electron chi connectivity index (χ0n) is 24.9. The molecule has 1 aromatic heterocycles. The Hall–Kier alpha value is -3.47. The van der Waals surface area contributed by atoms with Crippen molar-refractivity contribution in [3.05, 3.63) is 98.6 Å². The number of benzene rings is 3. The zero-order valence-corrected chi connectivity index (χ0v) is 28.1. The summed E-state index contributed by atoms with van der Waals surface area (Å²) in [4.78, 5) is 18.7. The normalized spacial score (nSPS) is 14.2. The van der Waals surface area contributed by atoms with E-state index in [-0.39, 0.29) is 5.91 Å². The molecule has 8 nitrogen and oxygen atoms in total. The maximum Gasteiger partial charge on any atom is 0.255 e. The average molecular weight is 697 g/mol. The van der Waals surface area contributed by atoms with Crippen LogP contribution in [0.2, 0.25) is 5.02 Å². The molecule has 11 heteroatoms. The van der Waals surface area contributed by atoms with E-state index < -0.39 is 6.04 Å². The lowest BCUT2D eigenvalue weighted by Crippen LogP contribution is -2.31. The molecular formula is C33H35BrClN5O3S. The van der Waals surface area contributed by atoms with Crippen LogP contribution in [0.5, 0.6) is 11.5 Å². The van der Waals surface area contributed by atoms with Crippen LogP contribution in [-0.4, -0.2) is 34.4 Å². The summed E-state index contributed by atoms with van der Waals surface area (Å²) in [6.07, 6.45) is 4.41. The Morgan fingerprint density at radius 3 is 2.64 bits per heavy atom. The highest BCUT2D eigenvalue weighted by molar-refractivity contribution is 9.10. The van der Waals surface area contributed by atoms with Crippen molar-refractivity contribution in [3.63, 3.8) is 0 Å². The lowest BCUT2D eigenvalue weighted by molar-refractivity contribution is -0.113. The number of nitrogens with one attached hydrogen (secondary N) is 2. The predicted molar refractivity (Wildman–Crippen MR) is 181 cm³/mol. The zero-order chi connectivity index (χ0) is 31.1. The summed E-state index contributed by atoms with van der Waals surface area (Å²) < 4.78 is 14.4. The summed E-state index contributed by atoms with van der Waals surface area (Å²) in [6, 6.07) is 20.4. The van der Waals surface area contributed by atoms with E-state index in [4.69, 9.17) is 31.2 Å². The van der Waals surface area contributed by atoms with Crippen LogP contribution >= 0.6 is 39.3 Å². The van der Waals surface area contributed by atoms with Gasteiger partial charge in [-0.15, -0.1) is 5.10 Å². The van der Waals surface area contributed by atoms with Gasteiger partial charge in [-0.25, -0.2) is 4.68 Å². The molecule has 0 spiro atoms. The number of thioether (sulfide) groups is 1. The van der Waals surface area contributed by atoms with Gasteiger partial charge in [-0.1, -0.05) is 85.9 Å². The Labute approximate surface area is 275 Å². The van der Waals surface area contributed by atoms with Gasteiger partial charge in [0.2, 0.25) is 11.1 Å². The molecule has 0 saturated heterocycles. The van der Waals surface area contributed by atoms with Gasteiger partial charge in [0.1, 0.15) is 6.04 Å². The number of nitrogens with zero attached hydrogens (tertiary/aromatic N) is 3. The largest absolute Gasteiger partial charge is 0.493 e. The molecule has 230 valence electrons. The van der Waals surface area contributed by atoms with Gasteiger partial charge in [-0.3, -0.25) is 4.79 Å². The van der Waals surface area contributed by atoms with Crippen LogP contribution in [0.15, 0.2) is 87.6 Å². The summed E-state index contributed by atoms with van der Waals surface area (Å²) in [7, 11) is 1.62. The number of amides is 1. The van der Waals surface area contributed by atoms with Crippen molar-refractivity contribution in [2.45, 2.75) is 56.5 Å². The summed E-state index contributed by atoms with van der Waals surface area (Å²) in [5.74, 6) is 2.10. The van der Waals surface area contributed by atoms with E-state index >= 15 is 0 Å². The first-order valence-electron chi connectivity index (χ1n) is 14.6. The number of methoxy groups -OCH3 is 1. The molecule has 0 bridgehead atoms. The molecule has 2 N–H and O–H groups in total. The van der Waals surface area contributed by atoms with E-state index in [1.807, 2.05) is 73.7 Å². The van der Waals surface area contributed by atoms with Crippen molar-refractivity contribution in [1.29, 1.82) is 0 Å². The monoisotopic (exact) mass is 695 g/mol. The fourth-order valence-electron chi connectivity index (χ4n) is 5.01. The number of unbranched alkanes of at least 4 members (excludes halogenated alkanes) is 3. The number of fused-ring (bicyclic) bond motifs is 1. The Kier molecular flexibility index (Phi) is 10.9. The van der Waals surface area contributed by atoms with E-state index in [0.29, 0.717) is 56.9 Å². The minimum absolute atomic E-state index is 0.246. The van der Waals surface area contributed by atoms with Gasteiger partial charge in [-0.2, -0.15) is 4.98 Å². The Balaban J connectivity index is 1.51. The highest BCUT2D eigenvalue weighted by atomic mass is 79.9. The van der Waals surface area contributed by atoms with Gasteiger partial charge in [0.15, 0.2) is 11.5 Å². The SMILES string of the molecule is CCCCCCOc1c(Br)cc(C2C(C(=O)Nc3ccccc3)=C(C)Nc3nc(SCc4ccccc4Cl)nn32)cc1OC. The highest BCUT2D eigenvalue weighted by Crippen LogP contribution is 2.43. The van der Waals surface area contributed by atoms with Crippen LogP contribution in [0.4, 0.5) is 11.6 Å². The van der Waals surface area contributed by atoms with Crippen molar-refractivity contribution >= 4 is 56.8 Å². The number of ether oxygens (including phenoxy) is 2. The van der Waals surface area contributed by atoms with Crippen molar-refractivity contribution in [2.75, 3.05) is 24.4 Å². The van der Waals surface area contributed by atoms with E-state index in [9.17, 15) is 4.79 Å². The number of carbonyl (C=O) groups is 1. The van der Waals surface area contributed by atoms with Crippen LogP contribution in [0.3, 0.4) is 0 Å². The van der Waals surface area contributed by atoms with Gasteiger partial charge in [-0.05, 0) is 70.7 Å². The molecule has 1 atom stereocenters. The first-order chi connectivity index (χ1) is 21.4. The Morgan fingerprint density at radius 2 is 1.89 bits per heavy atom. The second-order valence-electron chi connectivity index (χ2n) is 10.4. The molecule has 44 heavy (non-hydrogen) atoms. The van der Waals surface area contributed by atoms with Crippen LogP contribution in [0, 0.1) is 0 Å². The predicted octanol–water partition coefficient (Wildman–Crippen LogP) is 8.88. The van der Waals surface area contributed by atoms with E-state index in [0.717, 1.165) is 34.9 Å². The number of anilines is 2. The molecule has 0 fully saturated rings. The first-order valence-corrected chi connectivity index (χ1v) is 16.7. The van der Waals surface area contributed by atoms with Crippen LogP contribution < -0.4 is 20.1 Å². The number of allylic oxidation sites excluding steroid dienone is 1. The molecule has 1 amide bonds. The lowest BCUT2D eigenvalue weighted by Gasteiger charge is -2.29. The number of hydrogen-bond acceptors (Lipinski definition) is 7. The molecule has 4 aromatic rings. The van der Waals surface area contributed by atoms with Gasteiger partial charge >= 0.3 is 0 Å². The van der Waals surface area contributed by atoms with Crippen molar-refractivity contribution < 1.29 is 14.3 Å². The third-order valence-electron chi connectivity index (χ3n) is 7.24. The smallest absolute Gasteiger partial charge is 0.255 e. The third kappa shape index (κ3) is 7.42. The molecule has 2 heterocycles. The van der Waals surface area contributed by atoms with Crippen LogP contribution in [-0.2, 0) is 10.5 Å². The fourth-order valence-corrected chi connectivity index (χ4v) is 6.70. The molecule has 5 rings (SSSR count). The average Bonchev–Trinajstić information content (AvgIpc) is 3.43. The number of carbonyl (C=O) groups excluding carboxylic acids is 1. The van der Waals surface area contributed by atoms with Gasteiger partial charge in [0.25, 0.3) is 5.91 Å². The summed E-state index contributed by atoms with van der Waals surface area (Å²) in [6.45, 7) is 4.65. The maximum absolute atomic E-state index is 13.9. The molecule has 0 radical (unpaired) electrons. The van der Waals surface area contributed by atoms with Crippen LogP contribution in [0.25, 0.3) is 0 Å². The topological polar surface area (TPSA) is 90.3 Å². The number of aromatic nitrogens is 3. The number of para-hydroxylation sites is 1. The van der Waals surface area contributed by atoms with Crippen molar-refractivity contribution in [3.8, 4) is 11.5 Å². The highest BCUT2D eigenvalue weighted by Gasteiger charge is 2.35. The Bertz CT molecular complexity index is 1650. The minimum Gasteiger partial charge on any atom is -0.493 e. The van der Waals surface area contributed by atoms with Gasteiger partial charge in [0.05, 0.1) is 23.8 Å². The van der Waals surface area contributed by atoms with Crippen LogP contribution in [0.1, 0.15) is 56.7 Å². The van der Waals surface area contributed by atoms with Gasteiger partial charge in [0, 0.05) is 22.2 Å².